The first kappa shape index (κ1) is 15.4. The van der Waals surface area contributed by atoms with Crippen LogP contribution >= 0.6 is 11.6 Å². The van der Waals surface area contributed by atoms with Gasteiger partial charge in [-0.15, -0.1) is 4.91 Å². The molecule has 1 aliphatic heterocycles. The first-order chi connectivity index (χ1) is 11.0. The molecule has 1 amide bonds. The van der Waals surface area contributed by atoms with Crippen LogP contribution in [0.2, 0.25) is 5.02 Å². The second kappa shape index (κ2) is 5.62. The van der Waals surface area contributed by atoms with Crippen LogP contribution in [-0.2, 0) is 6.42 Å². The minimum Gasteiger partial charge on any atom is -0.495 e. The number of carbonyl (C=O) groups is 1. The predicted octanol–water partition coefficient (Wildman–Crippen LogP) is 3.20. The Labute approximate surface area is 136 Å². The Balaban J connectivity index is 2.27. The lowest BCUT2D eigenvalue weighted by molar-refractivity contribution is 0.0999. The number of ether oxygens (including phenoxy) is 1. The van der Waals surface area contributed by atoms with Gasteiger partial charge in [-0.05, 0) is 31.0 Å². The van der Waals surface area contributed by atoms with E-state index in [9.17, 15) is 14.5 Å². The topological polar surface area (TPSA) is 77.7 Å². The Morgan fingerprint density at radius 3 is 2.78 bits per heavy atom. The normalized spacial score (nSPS) is 15.5. The Morgan fingerprint density at radius 1 is 1.39 bits per heavy atom. The molecule has 1 unspecified atom stereocenters. The Morgan fingerprint density at radius 2 is 2.13 bits per heavy atom. The zero-order valence-corrected chi connectivity index (χ0v) is 13.3. The van der Waals surface area contributed by atoms with Crippen molar-refractivity contribution in [2.24, 2.45) is 5.18 Å². The second-order valence-electron chi connectivity index (χ2n) is 5.44. The third-order valence-corrected chi connectivity index (χ3v) is 4.33. The number of aromatic nitrogens is 1. The number of nitroso groups, excluding NO2 is 1. The molecule has 1 atom stereocenters. The number of hydrogen-bond acceptors (Lipinski definition) is 4. The number of carbonyl (C=O) groups excluding carboxylic acids is 1. The highest BCUT2D eigenvalue weighted by molar-refractivity contribution is 6.32. The molecule has 0 fully saturated rings. The molecule has 0 N–H and O–H groups in total. The molecule has 0 aliphatic carbocycles. The molecule has 3 rings (SSSR count). The van der Waals surface area contributed by atoms with E-state index in [1.54, 1.807) is 17.7 Å². The summed E-state index contributed by atoms with van der Waals surface area (Å²) in [6.45, 7) is 1.96. The van der Waals surface area contributed by atoms with Gasteiger partial charge in [-0.1, -0.05) is 11.6 Å². The number of halogens is 1. The van der Waals surface area contributed by atoms with Gasteiger partial charge in [0.1, 0.15) is 11.3 Å². The van der Waals surface area contributed by atoms with Gasteiger partial charge in [0.15, 0.2) is 5.43 Å². The standard InChI is InChI=1S/C16H13ClN2O4/c1-8-3-9-4-15(23-2)12(17)5-10(9)13-6-14(20)11(7-19(8)13)16(21)18-22/h4-8H,3H2,1-2H3. The van der Waals surface area contributed by atoms with Crippen molar-refractivity contribution in [3.63, 3.8) is 0 Å². The van der Waals surface area contributed by atoms with E-state index in [0.717, 1.165) is 11.1 Å². The zero-order chi connectivity index (χ0) is 16.7. The average molecular weight is 333 g/mol. The minimum absolute atomic E-state index is 0.00202. The van der Waals surface area contributed by atoms with E-state index in [-0.39, 0.29) is 11.6 Å². The van der Waals surface area contributed by atoms with Crippen LogP contribution in [0.4, 0.5) is 0 Å². The summed E-state index contributed by atoms with van der Waals surface area (Å²) in [5.41, 5.74) is 1.71. The first-order valence-corrected chi connectivity index (χ1v) is 7.34. The van der Waals surface area contributed by atoms with Crippen LogP contribution < -0.4 is 10.2 Å². The van der Waals surface area contributed by atoms with Gasteiger partial charge in [0, 0.05) is 29.0 Å². The summed E-state index contributed by atoms with van der Waals surface area (Å²) < 4.78 is 7.03. The van der Waals surface area contributed by atoms with Crippen LogP contribution in [0.5, 0.6) is 5.75 Å². The summed E-state index contributed by atoms with van der Waals surface area (Å²) in [6.07, 6.45) is 2.08. The van der Waals surface area contributed by atoms with Gasteiger partial charge in [-0.25, -0.2) is 0 Å². The Bertz CT molecular complexity index is 888. The molecule has 23 heavy (non-hydrogen) atoms. The molecule has 0 spiro atoms. The van der Waals surface area contributed by atoms with Gasteiger partial charge in [-0.2, -0.15) is 0 Å². The highest BCUT2D eigenvalue weighted by Crippen LogP contribution is 2.39. The fourth-order valence-corrected chi connectivity index (χ4v) is 3.16. The summed E-state index contributed by atoms with van der Waals surface area (Å²) >= 11 is 6.19. The van der Waals surface area contributed by atoms with E-state index < -0.39 is 11.3 Å². The van der Waals surface area contributed by atoms with Crippen LogP contribution in [0.3, 0.4) is 0 Å². The van der Waals surface area contributed by atoms with Crippen molar-refractivity contribution >= 4 is 17.5 Å². The Hall–Kier alpha value is -2.47. The molecule has 0 saturated heterocycles. The smallest absolute Gasteiger partial charge is 0.322 e. The lowest BCUT2D eigenvalue weighted by Crippen LogP contribution is -2.23. The molecule has 0 radical (unpaired) electrons. The van der Waals surface area contributed by atoms with E-state index >= 15 is 0 Å². The highest BCUT2D eigenvalue weighted by Gasteiger charge is 2.25. The summed E-state index contributed by atoms with van der Waals surface area (Å²) in [6, 6.07) is 4.94. The molecule has 2 heterocycles. The minimum atomic E-state index is -1.06. The van der Waals surface area contributed by atoms with Crippen molar-refractivity contribution in [3.8, 4) is 17.0 Å². The van der Waals surface area contributed by atoms with E-state index in [1.807, 2.05) is 13.0 Å². The monoisotopic (exact) mass is 332 g/mol. The predicted molar refractivity (Wildman–Crippen MR) is 86.2 cm³/mol. The molecule has 1 aliphatic rings. The van der Waals surface area contributed by atoms with Crippen molar-refractivity contribution in [3.05, 3.63) is 55.7 Å². The molecular formula is C16H13ClN2O4. The number of nitrogens with zero attached hydrogens (tertiary/aromatic N) is 2. The van der Waals surface area contributed by atoms with E-state index in [4.69, 9.17) is 16.3 Å². The largest absolute Gasteiger partial charge is 0.495 e. The highest BCUT2D eigenvalue weighted by atomic mass is 35.5. The third kappa shape index (κ3) is 2.45. The van der Waals surface area contributed by atoms with Crippen molar-refractivity contribution < 1.29 is 9.53 Å². The number of hydrogen-bond donors (Lipinski definition) is 0. The van der Waals surface area contributed by atoms with Crippen molar-refractivity contribution in [2.75, 3.05) is 7.11 Å². The molecule has 1 aromatic heterocycles. The van der Waals surface area contributed by atoms with Crippen LogP contribution in [-0.4, -0.2) is 17.6 Å². The summed E-state index contributed by atoms with van der Waals surface area (Å²) in [4.78, 5) is 34.0. The van der Waals surface area contributed by atoms with Crippen molar-refractivity contribution in [1.29, 1.82) is 0 Å². The second-order valence-corrected chi connectivity index (χ2v) is 5.84. The quantitative estimate of drug-likeness (QED) is 0.791. The maximum atomic E-state index is 12.1. The zero-order valence-electron chi connectivity index (χ0n) is 12.5. The molecular weight excluding hydrogens is 320 g/mol. The molecule has 118 valence electrons. The summed E-state index contributed by atoms with van der Waals surface area (Å²) in [5, 5.41) is 2.77. The van der Waals surface area contributed by atoms with Gasteiger partial charge in [0.25, 0.3) is 0 Å². The maximum absolute atomic E-state index is 12.1. The fourth-order valence-electron chi connectivity index (χ4n) is 2.92. The van der Waals surface area contributed by atoms with Gasteiger partial charge in [0.05, 0.1) is 17.8 Å². The Kier molecular flexibility index (Phi) is 3.77. The lowest BCUT2D eigenvalue weighted by Gasteiger charge is -2.29. The molecule has 7 heteroatoms. The molecule has 2 aromatic rings. The number of amides is 1. The van der Waals surface area contributed by atoms with Crippen molar-refractivity contribution in [2.45, 2.75) is 19.4 Å². The average Bonchev–Trinajstić information content (AvgIpc) is 2.54. The molecule has 0 bridgehead atoms. The van der Waals surface area contributed by atoms with E-state index in [0.29, 0.717) is 22.9 Å². The molecule has 0 saturated carbocycles. The van der Waals surface area contributed by atoms with Crippen LogP contribution in [0.25, 0.3) is 11.3 Å². The molecule has 1 aromatic carbocycles. The van der Waals surface area contributed by atoms with Crippen LogP contribution in [0, 0.1) is 4.91 Å². The third-order valence-electron chi connectivity index (χ3n) is 4.04. The number of methoxy groups -OCH3 is 1. The number of pyridine rings is 1. The first-order valence-electron chi connectivity index (χ1n) is 6.97. The number of rotatable bonds is 2. The SMILES string of the molecule is COc1cc2c(cc1Cl)-c1cc(=O)c(C(=O)N=O)cn1C(C)C2. The fraction of sp³-hybridized carbons (Fsp3) is 0.250. The van der Waals surface area contributed by atoms with E-state index in [2.05, 4.69) is 5.18 Å². The van der Waals surface area contributed by atoms with Crippen LogP contribution in [0.15, 0.2) is 34.4 Å². The van der Waals surface area contributed by atoms with Gasteiger partial charge < -0.3 is 9.30 Å². The van der Waals surface area contributed by atoms with Gasteiger partial charge >= 0.3 is 5.91 Å². The maximum Gasteiger partial charge on any atom is 0.322 e. The summed E-state index contributed by atoms with van der Waals surface area (Å²) in [5.74, 6) is -0.485. The number of fused-ring (bicyclic) bond motifs is 3. The van der Waals surface area contributed by atoms with Gasteiger partial charge in [0.2, 0.25) is 0 Å². The molecule has 6 nitrogen and oxygen atoms in total. The lowest BCUT2D eigenvalue weighted by atomic mass is 9.92. The van der Waals surface area contributed by atoms with Crippen molar-refractivity contribution in [1.82, 2.24) is 4.57 Å². The summed E-state index contributed by atoms with van der Waals surface area (Å²) in [7, 11) is 1.54. The van der Waals surface area contributed by atoms with Crippen LogP contribution in [0.1, 0.15) is 28.9 Å². The number of benzene rings is 1. The van der Waals surface area contributed by atoms with Gasteiger partial charge in [-0.3, -0.25) is 9.59 Å². The van der Waals surface area contributed by atoms with E-state index in [1.165, 1.54) is 12.3 Å².